The molecule has 0 saturated heterocycles. The summed E-state index contributed by atoms with van der Waals surface area (Å²) in [6.07, 6.45) is 11.7. The average molecular weight is 256 g/mol. The molecule has 0 heteroatoms. The summed E-state index contributed by atoms with van der Waals surface area (Å²) in [6.45, 7) is 0. The van der Waals surface area contributed by atoms with E-state index in [0.29, 0.717) is 0 Å². The molecule has 0 fully saturated rings. The molecule has 2 aromatic rings. The number of hydrogen-bond acceptors (Lipinski definition) is 0. The molecule has 0 saturated carbocycles. The molecular weight excluding hydrogens is 240 g/mol. The maximum Gasteiger partial charge on any atom is -0.0115 e. The van der Waals surface area contributed by atoms with Crippen LogP contribution in [0.3, 0.4) is 0 Å². The van der Waals surface area contributed by atoms with Gasteiger partial charge in [0.2, 0.25) is 0 Å². The van der Waals surface area contributed by atoms with Crippen molar-refractivity contribution in [1.29, 1.82) is 0 Å². The molecule has 0 spiro atoms. The third-order valence-corrected chi connectivity index (χ3v) is 2.62. The fourth-order valence-electron chi connectivity index (χ4n) is 1.64. The van der Waals surface area contributed by atoms with Gasteiger partial charge in [-0.05, 0) is 23.3 Å². The van der Waals surface area contributed by atoms with Crippen LogP contribution in [-0.4, -0.2) is 0 Å². The van der Waals surface area contributed by atoms with Crippen LogP contribution in [0.15, 0.2) is 96.4 Å². The van der Waals surface area contributed by atoms with Crippen LogP contribution in [0.4, 0.5) is 0 Å². The minimum atomic E-state index is 1.18. The third-order valence-electron chi connectivity index (χ3n) is 2.62. The Labute approximate surface area is 120 Å². The average Bonchev–Trinajstić information content (AvgIpc) is 2.52. The van der Waals surface area contributed by atoms with Gasteiger partial charge in [0.25, 0.3) is 0 Å². The second-order valence-corrected chi connectivity index (χ2v) is 4.16. The predicted molar refractivity (Wildman–Crippen MR) is 87.1 cm³/mol. The van der Waals surface area contributed by atoms with Gasteiger partial charge < -0.3 is 0 Å². The van der Waals surface area contributed by atoms with Crippen LogP contribution in [-0.2, 0) is 0 Å². The summed E-state index contributed by atoms with van der Waals surface area (Å²) in [5.74, 6) is 0. The van der Waals surface area contributed by atoms with Crippen LogP contribution in [0.2, 0.25) is 0 Å². The number of hydrogen-bond donors (Lipinski definition) is 0. The molecule has 20 heavy (non-hydrogen) atoms. The molecule has 0 unspecified atom stereocenters. The van der Waals surface area contributed by atoms with Crippen LogP contribution in [0.5, 0.6) is 0 Å². The van der Waals surface area contributed by atoms with Crippen molar-refractivity contribution in [2.45, 2.75) is 0 Å². The zero-order valence-corrected chi connectivity index (χ0v) is 11.2. The molecule has 0 amide bonds. The maximum absolute atomic E-state index is 2.97. The van der Waals surface area contributed by atoms with Crippen molar-refractivity contribution in [1.82, 2.24) is 0 Å². The van der Waals surface area contributed by atoms with Gasteiger partial charge >= 0.3 is 0 Å². The van der Waals surface area contributed by atoms with Crippen LogP contribution >= 0.6 is 0 Å². The Kier molecular flexibility index (Phi) is 5.69. The van der Waals surface area contributed by atoms with Crippen molar-refractivity contribution in [2.24, 2.45) is 0 Å². The Morgan fingerprint density at radius 2 is 0.950 bits per heavy atom. The molecule has 0 heterocycles. The van der Waals surface area contributed by atoms with Crippen molar-refractivity contribution in [3.05, 3.63) is 108 Å². The summed E-state index contributed by atoms with van der Waals surface area (Å²) in [5, 5.41) is 0. The monoisotopic (exact) mass is 256 g/mol. The molecule has 2 aromatic carbocycles. The lowest BCUT2D eigenvalue weighted by atomic mass is 10.2. The summed E-state index contributed by atoms with van der Waals surface area (Å²) in [7, 11) is 0. The molecule has 0 nitrogen and oxygen atoms in total. The first-order valence-electron chi connectivity index (χ1n) is 6.56. The summed E-state index contributed by atoms with van der Waals surface area (Å²) in [6, 6.07) is 20.4. The summed E-state index contributed by atoms with van der Waals surface area (Å²) in [4.78, 5) is 0. The minimum Gasteiger partial charge on any atom is -0.0702 e. The van der Waals surface area contributed by atoms with Gasteiger partial charge in [0, 0.05) is 0 Å². The van der Waals surface area contributed by atoms with Crippen LogP contribution < -0.4 is 0 Å². The summed E-state index contributed by atoms with van der Waals surface area (Å²) < 4.78 is 0. The molecule has 0 aliphatic carbocycles. The SMILES string of the molecule is C(=C=CC=Cc1ccccc1)=CC=Cc1ccccc1. The predicted octanol–water partition coefficient (Wildman–Crippen LogP) is 5.28. The number of allylic oxidation sites excluding steroid dienone is 4. The Hall–Kier alpha value is -2.78. The highest BCUT2D eigenvalue weighted by Gasteiger charge is 1.79. The standard InChI is InChI=1S/C20H16/c1(3-7-13-19-15-9-5-10-16-19)2-4-8-14-20-17-11-6-12-18-20/h3-18H. The quantitative estimate of drug-likeness (QED) is 0.515. The zero-order valence-electron chi connectivity index (χ0n) is 11.2. The second kappa shape index (κ2) is 8.34. The molecule has 0 aliphatic heterocycles. The van der Waals surface area contributed by atoms with Crippen LogP contribution in [0.25, 0.3) is 12.2 Å². The van der Waals surface area contributed by atoms with Crippen molar-refractivity contribution in [3.63, 3.8) is 0 Å². The first kappa shape index (κ1) is 13.6. The fraction of sp³-hybridized carbons (Fsp3) is 0. The van der Waals surface area contributed by atoms with E-state index in [1.54, 1.807) is 0 Å². The Balaban J connectivity index is 1.89. The zero-order chi connectivity index (χ0) is 13.9. The largest absolute Gasteiger partial charge is 0.0702 e. The van der Waals surface area contributed by atoms with Gasteiger partial charge in [0.05, 0.1) is 0 Å². The molecule has 0 bridgehead atoms. The van der Waals surface area contributed by atoms with E-state index < -0.39 is 0 Å². The topological polar surface area (TPSA) is 0 Å². The normalized spacial score (nSPS) is 10.2. The summed E-state index contributed by atoms with van der Waals surface area (Å²) in [5.41, 5.74) is 8.30. The van der Waals surface area contributed by atoms with E-state index in [2.05, 4.69) is 35.7 Å². The lowest BCUT2D eigenvalue weighted by Gasteiger charge is -1.87. The lowest BCUT2D eigenvalue weighted by molar-refractivity contribution is 1.66. The molecule has 0 aliphatic rings. The van der Waals surface area contributed by atoms with Crippen molar-refractivity contribution >= 4 is 12.2 Å². The molecule has 2 rings (SSSR count). The van der Waals surface area contributed by atoms with Gasteiger partial charge in [-0.2, -0.15) is 0 Å². The van der Waals surface area contributed by atoms with Crippen molar-refractivity contribution < 1.29 is 0 Å². The van der Waals surface area contributed by atoms with Gasteiger partial charge in [-0.1, -0.05) is 96.4 Å². The molecule has 96 valence electrons. The van der Waals surface area contributed by atoms with Gasteiger partial charge in [0.15, 0.2) is 0 Å². The highest BCUT2D eigenvalue weighted by atomic mass is 13.9. The molecule has 0 atom stereocenters. The third kappa shape index (κ3) is 5.25. The second-order valence-electron chi connectivity index (χ2n) is 4.16. The first-order valence-corrected chi connectivity index (χ1v) is 6.56. The smallest absolute Gasteiger partial charge is 0.0115 e. The van der Waals surface area contributed by atoms with Gasteiger partial charge in [-0.3, -0.25) is 0 Å². The van der Waals surface area contributed by atoms with Crippen LogP contribution in [0.1, 0.15) is 11.1 Å². The molecule has 0 aromatic heterocycles. The number of benzene rings is 2. The van der Waals surface area contributed by atoms with E-state index in [9.17, 15) is 0 Å². The highest BCUT2D eigenvalue weighted by Crippen LogP contribution is 2.01. The lowest BCUT2D eigenvalue weighted by Crippen LogP contribution is -1.66. The molecule has 0 N–H and O–H groups in total. The first-order chi connectivity index (χ1) is 9.95. The van der Waals surface area contributed by atoms with E-state index in [0.717, 1.165) is 0 Å². The summed E-state index contributed by atoms with van der Waals surface area (Å²) >= 11 is 0. The van der Waals surface area contributed by atoms with E-state index in [1.807, 2.05) is 72.9 Å². The van der Waals surface area contributed by atoms with Crippen molar-refractivity contribution in [3.8, 4) is 0 Å². The minimum absolute atomic E-state index is 1.18. The Morgan fingerprint density at radius 1 is 0.550 bits per heavy atom. The van der Waals surface area contributed by atoms with Gasteiger partial charge in [0.1, 0.15) is 0 Å². The van der Waals surface area contributed by atoms with Gasteiger partial charge in [-0.15, -0.1) is 0 Å². The Morgan fingerprint density at radius 3 is 1.35 bits per heavy atom. The van der Waals surface area contributed by atoms with Crippen LogP contribution in [0, 0.1) is 0 Å². The van der Waals surface area contributed by atoms with Crippen molar-refractivity contribution in [2.75, 3.05) is 0 Å². The fourth-order valence-corrected chi connectivity index (χ4v) is 1.64. The highest BCUT2D eigenvalue weighted by molar-refractivity contribution is 5.51. The van der Waals surface area contributed by atoms with E-state index in [4.69, 9.17) is 0 Å². The van der Waals surface area contributed by atoms with Gasteiger partial charge in [-0.25, -0.2) is 0 Å². The number of rotatable bonds is 4. The van der Waals surface area contributed by atoms with E-state index in [-0.39, 0.29) is 0 Å². The Bertz CT molecular complexity index is 599. The molecule has 0 radical (unpaired) electrons. The maximum atomic E-state index is 2.97. The van der Waals surface area contributed by atoms with E-state index >= 15 is 0 Å². The molecular formula is C20H16. The van der Waals surface area contributed by atoms with E-state index in [1.165, 1.54) is 11.1 Å².